The van der Waals surface area contributed by atoms with Gasteiger partial charge in [0.15, 0.2) is 0 Å². The van der Waals surface area contributed by atoms with Gasteiger partial charge in [0.2, 0.25) is 0 Å². The van der Waals surface area contributed by atoms with E-state index in [1.165, 1.54) is 80.4 Å². The van der Waals surface area contributed by atoms with Gasteiger partial charge >= 0.3 is 176 Å². The molecule has 4 aliphatic rings. The van der Waals surface area contributed by atoms with Crippen molar-refractivity contribution in [3.05, 3.63) is 52.9 Å². The molecule has 5 heteroatoms. The Bertz CT molecular complexity index is 1290. The van der Waals surface area contributed by atoms with Gasteiger partial charge in [-0.05, 0) is 0 Å². The normalized spacial score (nSPS) is 16.7. The van der Waals surface area contributed by atoms with Crippen LogP contribution in [0.1, 0.15) is 24.0 Å². The van der Waals surface area contributed by atoms with Gasteiger partial charge in [-0.2, -0.15) is 0 Å². The summed E-state index contributed by atoms with van der Waals surface area (Å²) in [6, 6.07) is 13.4. The molecule has 0 radical (unpaired) electrons. The second-order valence-electron chi connectivity index (χ2n) is 8.15. The SMILES string of the molecule is NCC[NH+]=c1cc2[se]c3c4c5c(cc3nc-2c2ccccc12)CCCN5CCC4. The van der Waals surface area contributed by atoms with E-state index in [0.717, 1.165) is 6.54 Å². The van der Waals surface area contributed by atoms with E-state index in [4.69, 9.17) is 10.7 Å². The monoisotopic (exact) mass is 449 g/mol. The molecule has 0 amide bonds. The zero-order valence-corrected chi connectivity index (χ0v) is 18.2. The fraction of sp³-hybridized carbons (Fsp3) is 0.333. The molecule has 4 nitrogen and oxygen atoms in total. The zero-order chi connectivity index (χ0) is 19.4. The minimum atomic E-state index is 0.278. The van der Waals surface area contributed by atoms with E-state index < -0.39 is 0 Å². The van der Waals surface area contributed by atoms with E-state index in [1.54, 1.807) is 11.3 Å². The molecule has 1 aliphatic carbocycles. The minimum absolute atomic E-state index is 0.278. The molecular formula is C24H25N4Se+. The van der Waals surface area contributed by atoms with Crippen molar-refractivity contribution in [3.63, 3.8) is 0 Å². The molecule has 0 atom stereocenters. The van der Waals surface area contributed by atoms with Gasteiger partial charge in [0.1, 0.15) is 0 Å². The van der Waals surface area contributed by atoms with Gasteiger partial charge in [-0.15, -0.1) is 0 Å². The van der Waals surface area contributed by atoms with Gasteiger partial charge < -0.3 is 0 Å². The molecule has 2 aromatic carbocycles. The molecule has 6 rings (SSSR count). The summed E-state index contributed by atoms with van der Waals surface area (Å²) in [4.78, 5) is 11.4. The second kappa shape index (κ2) is 6.94. The second-order valence-corrected chi connectivity index (χ2v) is 10.4. The Hall–Kier alpha value is -2.20. The molecule has 0 aromatic heterocycles. The Kier molecular flexibility index (Phi) is 4.22. The number of aryl methyl sites for hydroxylation is 2. The first kappa shape index (κ1) is 17.6. The number of nitrogens with zero attached hydrogens (tertiary/aromatic N) is 2. The van der Waals surface area contributed by atoms with Crippen molar-refractivity contribution in [1.82, 2.24) is 4.98 Å². The summed E-state index contributed by atoms with van der Waals surface area (Å²) in [5, 5.41) is 3.69. The topological polar surface area (TPSA) is 56.1 Å². The summed E-state index contributed by atoms with van der Waals surface area (Å²) >= 11 is 0.278. The number of rotatable bonds is 2. The molecule has 0 spiro atoms. The quantitative estimate of drug-likeness (QED) is 0.275. The summed E-state index contributed by atoms with van der Waals surface area (Å²) in [7, 11) is 0. The third-order valence-electron chi connectivity index (χ3n) is 6.34. The molecule has 0 bridgehead atoms. The van der Waals surface area contributed by atoms with Gasteiger partial charge in [-0.3, -0.25) is 0 Å². The fourth-order valence-corrected chi connectivity index (χ4v) is 7.60. The molecular weight excluding hydrogens is 423 g/mol. The van der Waals surface area contributed by atoms with E-state index in [9.17, 15) is 0 Å². The van der Waals surface area contributed by atoms with Crippen LogP contribution in [0.4, 0.5) is 5.69 Å². The Balaban J connectivity index is 1.72. The summed E-state index contributed by atoms with van der Waals surface area (Å²) in [6.45, 7) is 3.86. The Labute approximate surface area is 176 Å². The van der Waals surface area contributed by atoms with E-state index in [1.807, 2.05) is 0 Å². The molecule has 3 heterocycles. The average molecular weight is 448 g/mol. The third kappa shape index (κ3) is 2.76. The molecule has 3 aliphatic heterocycles. The van der Waals surface area contributed by atoms with Crippen molar-refractivity contribution in [2.24, 2.45) is 5.73 Å². The molecule has 0 saturated heterocycles. The van der Waals surface area contributed by atoms with Crippen LogP contribution in [0.2, 0.25) is 0 Å². The Morgan fingerprint density at radius 1 is 1.07 bits per heavy atom. The molecule has 29 heavy (non-hydrogen) atoms. The van der Waals surface area contributed by atoms with Gasteiger partial charge in [0.05, 0.1) is 0 Å². The van der Waals surface area contributed by atoms with E-state index in [-0.39, 0.29) is 14.5 Å². The first-order valence-electron chi connectivity index (χ1n) is 10.7. The first-order valence-corrected chi connectivity index (χ1v) is 12.4. The van der Waals surface area contributed by atoms with Gasteiger partial charge in [-0.1, -0.05) is 0 Å². The average Bonchev–Trinajstić information content (AvgIpc) is 2.77. The van der Waals surface area contributed by atoms with Gasteiger partial charge in [-0.25, -0.2) is 0 Å². The number of anilines is 1. The molecule has 2 aromatic rings. The summed E-state index contributed by atoms with van der Waals surface area (Å²) in [5.74, 6) is 0. The fourth-order valence-electron chi connectivity index (χ4n) is 5.12. The zero-order valence-electron chi connectivity index (χ0n) is 16.5. The van der Waals surface area contributed by atoms with Crippen LogP contribution >= 0.6 is 0 Å². The van der Waals surface area contributed by atoms with Crippen LogP contribution in [0.5, 0.6) is 0 Å². The van der Waals surface area contributed by atoms with Crippen molar-refractivity contribution >= 4 is 40.7 Å². The Morgan fingerprint density at radius 3 is 2.76 bits per heavy atom. The van der Waals surface area contributed by atoms with Crippen molar-refractivity contribution in [3.8, 4) is 10.1 Å². The van der Waals surface area contributed by atoms with Gasteiger partial charge in [0.25, 0.3) is 0 Å². The number of benzene rings is 3. The van der Waals surface area contributed by atoms with E-state index in [2.05, 4.69) is 46.3 Å². The molecule has 0 fully saturated rings. The number of fused-ring (bicyclic) bond motifs is 5. The number of aromatic nitrogens is 1. The predicted molar refractivity (Wildman–Crippen MR) is 120 cm³/mol. The van der Waals surface area contributed by atoms with Crippen LogP contribution in [0.3, 0.4) is 0 Å². The first-order chi connectivity index (χ1) is 14.3. The van der Waals surface area contributed by atoms with Crippen LogP contribution in [-0.4, -0.2) is 45.7 Å². The van der Waals surface area contributed by atoms with Crippen molar-refractivity contribution in [2.75, 3.05) is 31.1 Å². The third-order valence-corrected chi connectivity index (χ3v) is 8.84. The van der Waals surface area contributed by atoms with Gasteiger partial charge in [0, 0.05) is 0 Å². The van der Waals surface area contributed by atoms with E-state index in [0.29, 0.717) is 6.54 Å². The number of nitrogens with one attached hydrogen (secondary N) is 1. The molecule has 0 unspecified atom stereocenters. The molecule has 146 valence electrons. The predicted octanol–water partition coefficient (Wildman–Crippen LogP) is 1.19. The number of hydrogen-bond acceptors (Lipinski definition) is 3. The van der Waals surface area contributed by atoms with Crippen LogP contribution in [0.25, 0.3) is 30.7 Å². The number of nitrogens with two attached hydrogens (primary N) is 1. The standard InChI is InChI=1S/C24H24N4Se/c25-9-10-26-19-14-21-22(17-7-2-1-6-16(17)19)27-20-13-15-5-3-11-28-12-4-8-18(23(15)28)24(20)29-21/h1-2,6-7,13-14H,3-5,8-12,25H2/p+1. The maximum absolute atomic E-state index is 5.76. The number of hydrogen-bond donors (Lipinski definition) is 2. The maximum atomic E-state index is 5.76. The van der Waals surface area contributed by atoms with Crippen LogP contribution in [0, 0.1) is 0 Å². The van der Waals surface area contributed by atoms with E-state index >= 15 is 0 Å². The summed E-state index contributed by atoms with van der Waals surface area (Å²) in [5.41, 5.74) is 12.9. The van der Waals surface area contributed by atoms with Crippen LogP contribution in [-0.2, 0) is 12.8 Å². The summed E-state index contributed by atoms with van der Waals surface area (Å²) in [6.07, 6.45) is 4.95. The van der Waals surface area contributed by atoms with Crippen LogP contribution < -0.4 is 21.0 Å². The molecule has 0 saturated carbocycles. The Morgan fingerprint density at radius 2 is 1.90 bits per heavy atom. The molecule has 3 N–H and O–H groups in total. The van der Waals surface area contributed by atoms with Crippen molar-refractivity contribution in [2.45, 2.75) is 25.7 Å². The van der Waals surface area contributed by atoms with Crippen LogP contribution in [0.15, 0.2) is 36.4 Å². The van der Waals surface area contributed by atoms with Crippen molar-refractivity contribution < 1.29 is 4.99 Å². The summed E-state index contributed by atoms with van der Waals surface area (Å²) < 4.78 is 2.92. The van der Waals surface area contributed by atoms with Crippen molar-refractivity contribution in [1.29, 1.82) is 0 Å².